The second-order valence-electron chi connectivity index (χ2n) is 5.69. The van der Waals surface area contributed by atoms with Crippen molar-refractivity contribution in [1.82, 2.24) is 9.97 Å². The van der Waals surface area contributed by atoms with Gasteiger partial charge < -0.3 is 19.8 Å². The summed E-state index contributed by atoms with van der Waals surface area (Å²) in [7, 11) is 3.24. The lowest BCUT2D eigenvalue weighted by Gasteiger charge is -2.10. The number of allylic oxidation sites excluding steroid dienone is 1. The molecular weight excluding hydrogens is 316 g/mol. The highest BCUT2D eigenvalue weighted by atomic mass is 16.5. The number of ether oxygens (including phenoxy) is 2. The number of fused-ring (bicyclic) bond motifs is 1. The van der Waals surface area contributed by atoms with Crippen LogP contribution in [0.2, 0.25) is 0 Å². The van der Waals surface area contributed by atoms with Crippen LogP contribution in [0.5, 0.6) is 11.5 Å². The number of pyridine rings is 1. The third kappa shape index (κ3) is 2.94. The smallest absolute Gasteiger partial charge is 0.162 e. The van der Waals surface area contributed by atoms with E-state index in [1.54, 1.807) is 14.2 Å². The van der Waals surface area contributed by atoms with Crippen LogP contribution >= 0.6 is 0 Å². The minimum Gasteiger partial charge on any atom is -0.493 e. The van der Waals surface area contributed by atoms with E-state index in [4.69, 9.17) is 9.47 Å². The normalized spacial score (nSPS) is 13.1. The van der Waals surface area contributed by atoms with Gasteiger partial charge in [-0.1, -0.05) is 6.08 Å². The monoisotopic (exact) mass is 334 g/mol. The molecule has 2 N–H and O–H groups in total. The van der Waals surface area contributed by atoms with E-state index in [2.05, 4.69) is 32.4 Å². The number of methoxy groups -OCH3 is 2. The van der Waals surface area contributed by atoms with Gasteiger partial charge in [0.1, 0.15) is 5.82 Å². The standard InChI is InChI=1S/C19H18N4O2/c1-24-17-4-3-14(8-18(17)25-2)22-19-9-16-13(11-21-19)7-15(23-16)12-5-6-20-10-12/h3-5,7-11,23H,6H2,1-2H3,(H,21,22). The van der Waals surface area contributed by atoms with Gasteiger partial charge >= 0.3 is 0 Å². The molecule has 0 fully saturated rings. The number of anilines is 2. The Morgan fingerprint density at radius 2 is 1.96 bits per heavy atom. The number of H-pyrrole nitrogens is 1. The molecule has 0 unspecified atom stereocenters. The molecule has 126 valence electrons. The molecule has 0 atom stereocenters. The molecule has 25 heavy (non-hydrogen) atoms. The van der Waals surface area contributed by atoms with Gasteiger partial charge in [-0.15, -0.1) is 0 Å². The van der Waals surface area contributed by atoms with E-state index < -0.39 is 0 Å². The van der Waals surface area contributed by atoms with Crippen molar-refractivity contribution in [3.63, 3.8) is 0 Å². The van der Waals surface area contributed by atoms with Crippen LogP contribution in [0.1, 0.15) is 5.69 Å². The number of nitrogens with one attached hydrogen (secondary N) is 2. The SMILES string of the molecule is COc1ccc(Nc2cc3[nH]c(C4=CCN=C4)cc3cn2)cc1OC. The first kappa shape index (κ1) is 15.3. The minimum absolute atomic E-state index is 0.670. The first-order valence-electron chi connectivity index (χ1n) is 7.95. The van der Waals surface area contributed by atoms with Gasteiger partial charge in [0, 0.05) is 46.9 Å². The van der Waals surface area contributed by atoms with Crippen LogP contribution in [0.15, 0.2) is 47.6 Å². The van der Waals surface area contributed by atoms with Crippen molar-refractivity contribution in [3.8, 4) is 11.5 Å². The highest BCUT2D eigenvalue weighted by Crippen LogP contribution is 2.31. The summed E-state index contributed by atoms with van der Waals surface area (Å²) in [5, 5.41) is 4.36. The van der Waals surface area contributed by atoms with Crippen molar-refractivity contribution in [2.24, 2.45) is 4.99 Å². The maximum absolute atomic E-state index is 5.33. The molecule has 6 nitrogen and oxygen atoms in total. The van der Waals surface area contributed by atoms with Crippen molar-refractivity contribution in [2.75, 3.05) is 26.1 Å². The molecule has 0 spiro atoms. The molecule has 0 radical (unpaired) electrons. The molecule has 0 saturated heterocycles. The van der Waals surface area contributed by atoms with Crippen LogP contribution in [0.4, 0.5) is 11.5 Å². The third-order valence-corrected chi connectivity index (χ3v) is 4.12. The molecule has 0 bridgehead atoms. The van der Waals surface area contributed by atoms with Crippen LogP contribution < -0.4 is 14.8 Å². The summed E-state index contributed by atoms with van der Waals surface area (Å²) in [6.45, 7) is 0.745. The van der Waals surface area contributed by atoms with Gasteiger partial charge in [-0.05, 0) is 18.2 Å². The van der Waals surface area contributed by atoms with Crippen molar-refractivity contribution < 1.29 is 9.47 Å². The molecule has 1 aliphatic heterocycles. The highest BCUT2D eigenvalue weighted by Gasteiger charge is 2.09. The fourth-order valence-corrected chi connectivity index (χ4v) is 2.85. The predicted octanol–water partition coefficient (Wildman–Crippen LogP) is 3.79. The summed E-state index contributed by atoms with van der Waals surface area (Å²) in [5.74, 6) is 2.11. The Labute approximate surface area is 145 Å². The van der Waals surface area contributed by atoms with Crippen LogP contribution in [0.25, 0.3) is 16.5 Å². The van der Waals surface area contributed by atoms with Crippen LogP contribution in [0.3, 0.4) is 0 Å². The maximum Gasteiger partial charge on any atom is 0.162 e. The quantitative estimate of drug-likeness (QED) is 0.744. The lowest BCUT2D eigenvalue weighted by atomic mass is 10.2. The summed E-state index contributed by atoms with van der Waals surface area (Å²) in [4.78, 5) is 12.1. The number of hydrogen-bond donors (Lipinski definition) is 2. The van der Waals surface area contributed by atoms with Crippen molar-refractivity contribution in [3.05, 3.63) is 48.3 Å². The Bertz CT molecular complexity index is 988. The Balaban J connectivity index is 1.62. The summed E-state index contributed by atoms with van der Waals surface area (Å²) in [6, 6.07) is 9.74. The zero-order valence-corrected chi connectivity index (χ0v) is 14.0. The Morgan fingerprint density at radius 1 is 1.08 bits per heavy atom. The lowest BCUT2D eigenvalue weighted by Crippen LogP contribution is -1.95. The molecule has 1 aliphatic rings. The van der Waals surface area contributed by atoms with Crippen molar-refractivity contribution >= 4 is 34.2 Å². The minimum atomic E-state index is 0.670. The van der Waals surface area contributed by atoms with Gasteiger partial charge in [-0.3, -0.25) is 4.99 Å². The fraction of sp³-hybridized carbons (Fsp3) is 0.158. The van der Waals surface area contributed by atoms with Crippen molar-refractivity contribution in [2.45, 2.75) is 0 Å². The van der Waals surface area contributed by atoms with E-state index >= 15 is 0 Å². The van der Waals surface area contributed by atoms with E-state index in [-0.39, 0.29) is 0 Å². The highest BCUT2D eigenvalue weighted by molar-refractivity contribution is 6.12. The third-order valence-electron chi connectivity index (χ3n) is 4.12. The predicted molar refractivity (Wildman–Crippen MR) is 100 cm³/mol. The maximum atomic E-state index is 5.33. The number of nitrogens with zero attached hydrogens (tertiary/aromatic N) is 2. The molecule has 4 rings (SSSR count). The molecule has 0 aliphatic carbocycles. The Kier molecular flexibility index (Phi) is 3.85. The van der Waals surface area contributed by atoms with Gasteiger partial charge in [-0.2, -0.15) is 0 Å². The number of hydrogen-bond acceptors (Lipinski definition) is 5. The largest absolute Gasteiger partial charge is 0.493 e. The summed E-state index contributed by atoms with van der Waals surface area (Å²) in [6.07, 6.45) is 5.84. The second-order valence-corrected chi connectivity index (χ2v) is 5.69. The van der Waals surface area contributed by atoms with Crippen LogP contribution in [-0.4, -0.2) is 36.9 Å². The van der Waals surface area contributed by atoms with Crippen LogP contribution in [-0.2, 0) is 0 Å². The average molecular weight is 334 g/mol. The van der Waals surface area contributed by atoms with E-state index in [9.17, 15) is 0 Å². The average Bonchev–Trinajstić information content (AvgIpc) is 3.30. The molecule has 3 aromatic rings. The number of benzene rings is 1. The molecule has 0 saturated carbocycles. The van der Waals surface area contributed by atoms with E-state index in [1.807, 2.05) is 36.7 Å². The molecule has 0 amide bonds. The molecule has 3 heterocycles. The Morgan fingerprint density at radius 3 is 2.72 bits per heavy atom. The summed E-state index contributed by atoms with van der Waals surface area (Å²) in [5.41, 5.74) is 4.07. The number of aliphatic imine (C=N–C) groups is 1. The zero-order valence-electron chi connectivity index (χ0n) is 14.0. The Hall–Kier alpha value is -3.28. The molecule has 1 aromatic carbocycles. The lowest BCUT2D eigenvalue weighted by molar-refractivity contribution is 0.355. The zero-order chi connectivity index (χ0) is 17.2. The van der Waals surface area contributed by atoms with Crippen molar-refractivity contribution in [1.29, 1.82) is 0 Å². The topological polar surface area (TPSA) is 71.5 Å². The summed E-state index contributed by atoms with van der Waals surface area (Å²) >= 11 is 0. The van der Waals surface area contributed by atoms with Gasteiger partial charge in [0.25, 0.3) is 0 Å². The molecular formula is C19H18N4O2. The number of rotatable bonds is 5. The van der Waals surface area contributed by atoms with Gasteiger partial charge in [0.2, 0.25) is 0 Å². The van der Waals surface area contributed by atoms with E-state index in [0.717, 1.165) is 40.2 Å². The van der Waals surface area contributed by atoms with E-state index in [1.165, 1.54) is 0 Å². The van der Waals surface area contributed by atoms with E-state index in [0.29, 0.717) is 11.5 Å². The summed E-state index contributed by atoms with van der Waals surface area (Å²) < 4.78 is 10.6. The van der Waals surface area contributed by atoms with Gasteiger partial charge in [0.05, 0.1) is 26.3 Å². The number of aromatic amines is 1. The fourth-order valence-electron chi connectivity index (χ4n) is 2.85. The molecule has 6 heteroatoms. The molecule has 2 aromatic heterocycles. The van der Waals surface area contributed by atoms with Crippen LogP contribution in [0, 0.1) is 0 Å². The first-order valence-corrected chi connectivity index (χ1v) is 7.95. The number of aromatic nitrogens is 2. The second kappa shape index (κ2) is 6.32. The first-order chi connectivity index (χ1) is 12.3. The van der Waals surface area contributed by atoms with Gasteiger partial charge in [0.15, 0.2) is 11.5 Å². The van der Waals surface area contributed by atoms with Gasteiger partial charge in [-0.25, -0.2) is 4.98 Å².